The van der Waals surface area contributed by atoms with Gasteiger partial charge in [-0.1, -0.05) is 20.8 Å². The molecule has 0 aromatic carbocycles. The van der Waals surface area contributed by atoms with Gasteiger partial charge in [0.1, 0.15) is 9.84 Å². The van der Waals surface area contributed by atoms with Crippen molar-refractivity contribution in [2.75, 3.05) is 38.2 Å². The molecule has 0 radical (unpaired) electrons. The molecule has 1 N–H and O–H groups in total. The number of hydrogen-bond acceptors (Lipinski definition) is 4. The first-order valence-corrected chi connectivity index (χ1v) is 11.9. The topological polar surface area (TPSA) is 79.6 Å². The van der Waals surface area contributed by atoms with Crippen LogP contribution in [0.1, 0.15) is 46.6 Å². The minimum atomic E-state index is -2.95. The highest BCUT2D eigenvalue weighted by Gasteiger charge is 2.29. The molecule has 1 aliphatic heterocycles. The smallest absolute Gasteiger partial charge is 0.194 e. The van der Waals surface area contributed by atoms with E-state index in [2.05, 4.69) is 47.5 Å². The lowest BCUT2D eigenvalue weighted by Gasteiger charge is -2.39. The minimum Gasteiger partial charge on any atom is -0.357 e. The molecule has 9 heteroatoms. The number of guanidine groups is 1. The molecule has 2 rings (SSSR count). The van der Waals surface area contributed by atoms with E-state index >= 15 is 0 Å². The van der Waals surface area contributed by atoms with Crippen LogP contribution < -0.4 is 5.32 Å². The monoisotopic (exact) mass is 525 g/mol. The Bertz CT molecular complexity index is 719. The van der Waals surface area contributed by atoms with Gasteiger partial charge in [-0.3, -0.25) is 4.99 Å². The third kappa shape index (κ3) is 7.88. The van der Waals surface area contributed by atoms with E-state index in [9.17, 15) is 8.42 Å². The lowest BCUT2D eigenvalue weighted by molar-refractivity contribution is 0.188. The van der Waals surface area contributed by atoms with Crippen LogP contribution in [-0.2, 0) is 9.84 Å². The molecule has 2 unspecified atom stereocenters. The lowest BCUT2D eigenvalue weighted by atomic mass is 9.90. The molecule has 0 bridgehead atoms. The molecule has 1 aliphatic rings. The highest BCUT2D eigenvalue weighted by Crippen LogP contribution is 2.28. The quantitative estimate of drug-likeness (QED) is 0.337. The Morgan fingerprint density at radius 2 is 2.11 bits per heavy atom. The van der Waals surface area contributed by atoms with Crippen LogP contribution in [0.2, 0.25) is 0 Å². The number of aliphatic imine (C=N–C) groups is 1. The fraction of sp³-hybridized carbons (Fsp3) is 0.789. The molecule has 1 fully saturated rings. The van der Waals surface area contributed by atoms with Gasteiger partial charge in [-0.2, -0.15) is 0 Å². The first-order chi connectivity index (χ1) is 12.6. The predicted molar refractivity (Wildman–Crippen MR) is 126 cm³/mol. The summed E-state index contributed by atoms with van der Waals surface area (Å²) in [6, 6.07) is 0.378. The minimum absolute atomic E-state index is 0. The highest BCUT2D eigenvalue weighted by atomic mass is 127. The number of imidazole rings is 1. The lowest BCUT2D eigenvalue weighted by Crippen LogP contribution is -2.49. The van der Waals surface area contributed by atoms with Crippen molar-refractivity contribution in [1.29, 1.82) is 0 Å². The molecule has 0 saturated carbocycles. The number of likely N-dealkylation sites (tertiary alicyclic amines) is 1. The van der Waals surface area contributed by atoms with Crippen molar-refractivity contribution in [2.45, 2.75) is 46.6 Å². The second kappa shape index (κ2) is 10.8. The number of piperidine rings is 1. The fourth-order valence-corrected chi connectivity index (χ4v) is 4.27. The van der Waals surface area contributed by atoms with Gasteiger partial charge in [0, 0.05) is 44.8 Å². The molecule has 1 saturated heterocycles. The number of nitrogens with one attached hydrogen (secondary N) is 1. The zero-order valence-corrected chi connectivity index (χ0v) is 20.9. The van der Waals surface area contributed by atoms with Gasteiger partial charge in [0.25, 0.3) is 0 Å². The van der Waals surface area contributed by atoms with E-state index in [4.69, 9.17) is 4.99 Å². The summed E-state index contributed by atoms with van der Waals surface area (Å²) >= 11 is 0. The van der Waals surface area contributed by atoms with Crippen molar-refractivity contribution >= 4 is 39.8 Å². The van der Waals surface area contributed by atoms with Crippen molar-refractivity contribution in [1.82, 2.24) is 19.8 Å². The molecule has 162 valence electrons. The summed E-state index contributed by atoms with van der Waals surface area (Å²) in [5.41, 5.74) is -0.156. The van der Waals surface area contributed by atoms with E-state index in [0.717, 1.165) is 32.0 Å². The van der Waals surface area contributed by atoms with Crippen molar-refractivity contribution < 1.29 is 8.42 Å². The van der Waals surface area contributed by atoms with Gasteiger partial charge in [-0.15, -0.1) is 24.0 Å². The molecule has 28 heavy (non-hydrogen) atoms. The molecular formula is C19H36IN5O2S. The Morgan fingerprint density at radius 3 is 2.68 bits per heavy atom. The summed E-state index contributed by atoms with van der Waals surface area (Å²) in [4.78, 5) is 11.4. The van der Waals surface area contributed by atoms with Crippen molar-refractivity contribution in [3.8, 4) is 0 Å². The summed E-state index contributed by atoms with van der Waals surface area (Å²) in [7, 11) is -2.95. The van der Waals surface area contributed by atoms with Crippen LogP contribution in [0, 0.1) is 11.3 Å². The SMILES string of the molecule is CCNC(=NCC(C)(C)CCS(C)(=O)=O)N1CCC(C)C(n2ccnc2)C1.I. The van der Waals surface area contributed by atoms with E-state index < -0.39 is 9.84 Å². The number of hydrogen-bond donors (Lipinski definition) is 1. The Hall–Kier alpha value is -0.840. The molecule has 0 aliphatic carbocycles. The van der Waals surface area contributed by atoms with Crippen molar-refractivity contribution in [3.05, 3.63) is 18.7 Å². The number of aromatic nitrogens is 2. The van der Waals surface area contributed by atoms with E-state index in [1.807, 2.05) is 18.7 Å². The fourth-order valence-electron chi connectivity index (χ4n) is 3.35. The van der Waals surface area contributed by atoms with Crippen LogP contribution in [0.4, 0.5) is 0 Å². The molecule has 1 aromatic heterocycles. The van der Waals surface area contributed by atoms with Crippen LogP contribution in [0.3, 0.4) is 0 Å². The Morgan fingerprint density at radius 1 is 1.39 bits per heavy atom. The van der Waals surface area contributed by atoms with Gasteiger partial charge in [-0.25, -0.2) is 13.4 Å². The second-order valence-electron chi connectivity index (χ2n) is 8.50. The Labute approximate surface area is 187 Å². The standard InChI is InChI=1S/C19H35N5O2S.HI/c1-6-21-18(22-14-19(3,4)8-12-27(5,25)26)23-10-7-16(2)17(13-23)24-11-9-20-15-24;/h9,11,15-17H,6-8,10,12-14H2,1-5H3,(H,21,22);1H. The summed E-state index contributed by atoms with van der Waals surface area (Å²) in [6.07, 6.45) is 8.76. The molecule has 1 aromatic rings. The Kier molecular flexibility index (Phi) is 9.72. The van der Waals surface area contributed by atoms with Gasteiger partial charge < -0.3 is 14.8 Å². The predicted octanol–water partition coefficient (Wildman–Crippen LogP) is 2.81. The number of sulfone groups is 1. The highest BCUT2D eigenvalue weighted by molar-refractivity contribution is 14.0. The summed E-state index contributed by atoms with van der Waals surface area (Å²) in [5, 5.41) is 3.41. The Balaban J connectivity index is 0.00000392. The zero-order valence-electron chi connectivity index (χ0n) is 17.8. The average molecular weight is 526 g/mol. The second-order valence-corrected chi connectivity index (χ2v) is 10.8. The summed E-state index contributed by atoms with van der Waals surface area (Å²) < 4.78 is 25.2. The van der Waals surface area contributed by atoms with Crippen LogP contribution in [0.15, 0.2) is 23.7 Å². The number of halogens is 1. The molecule has 2 heterocycles. The van der Waals surface area contributed by atoms with Crippen molar-refractivity contribution in [2.24, 2.45) is 16.3 Å². The third-order valence-corrected chi connectivity index (χ3v) is 6.21. The maximum Gasteiger partial charge on any atom is 0.194 e. The number of nitrogens with zero attached hydrogens (tertiary/aromatic N) is 4. The number of rotatable bonds is 7. The van der Waals surface area contributed by atoms with E-state index in [1.165, 1.54) is 6.26 Å². The maximum absolute atomic E-state index is 11.5. The van der Waals surface area contributed by atoms with Gasteiger partial charge in [0.2, 0.25) is 0 Å². The molecule has 2 atom stereocenters. The van der Waals surface area contributed by atoms with Crippen molar-refractivity contribution in [3.63, 3.8) is 0 Å². The van der Waals surface area contributed by atoms with Crippen LogP contribution in [-0.4, -0.2) is 67.0 Å². The normalized spacial score (nSPS) is 21.3. The molecule has 7 nitrogen and oxygen atoms in total. The van der Waals surface area contributed by atoms with Crippen LogP contribution in [0.25, 0.3) is 0 Å². The van der Waals surface area contributed by atoms with E-state index in [-0.39, 0.29) is 35.1 Å². The van der Waals surface area contributed by atoms with Crippen LogP contribution in [0.5, 0.6) is 0 Å². The maximum atomic E-state index is 11.5. The van der Waals surface area contributed by atoms with Crippen LogP contribution >= 0.6 is 24.0 Å². The van der Waals surface area contributed by atoms with Gasteiger partial charge in [-0.05, 0) is 31.1 Å². The molecule has 0 spiro atoms. The first-order valence-electron chi connectivity index (χ1n) is 9.80. The summed E-state index contributed by atoms with van der Waals surface area (Å²) in [6.45, 7) is 11.8. The first kappa shape index (κ1) is 25.2. The van der Waals surface area contributed by atoms with Gasteiger partial charge in [0.15, 0.2) is 5.96 Å². The summed E-state index contributed by atoms with van der Waals surface area (Å²) in [5.74, 6) is 1.71. The average Bonchev–Trinajstić information content (AvgIpc) is 3.11. The molecule has 0 amide bonds. The largest absolute Gasteiger partial charge is 0.357 e. The molecular weight excluding hydrogens is 489 g/mol. The van der Waals surface area contributed by atoms with Gasteiger partial charge >= 0.3 is 0 Å². The van der Waals surface area contributed by atoms with E-state index in [0.29, 0.717) is 24.9 Å². The van der Waals surface area contributed by atoms with E-state index in [1.54, 1.807) is 0 Å². The zero-order chi connectivity index (χ0) is 20.1. The third-order valence-electron chi connectivity index (χ3n) is 5.27. The van der Waals surface area contributed by atoms with Gasteiger partial charge in [0.05, 0.1) is 18.1 Å².